The van der Waals surface area contributed by atoms with Gasteiger partial charge in [0.2, 0.25) is 0 Å². The largest absolute Gasteiger partial charge is 0.414 e. The predicted octanol–water partition coefficient (Wildman–Crippen LogP) is 1.65. The Labute approximate surface area is 172 Å². The second-order valence-corrected chi connectivity index (χ2v) is 14.1. The molecule has 2 aromatic heterocycles. The molecule has 1 aliphatic rings. The van der Waals surface area contributed by atoms with Crippen molar-refractivity contribution in [2.75, 3.05) is 12.3 Å². The fourth-order valence-electron chi connectivity index (χ4n) is 2.70. The second-order valence-electron chi connectivity index (χ2n) is 8.32. The van der Waals surface area contributed by atoms with Gasteiger partial charge in [-0.05, 0) is 18.1 Å². The average molecular weight is 507 g/mol. The van der Waals surface area contributed by atoms with Crippen molar-refractivity contribution >= 4 is 47.9 Å². The van der Waals surface area contributed by atoms with Crippen molar-refractivity contribution in [1.82, 2.24) is 19.5 Å². The van der Waals surface area contributed by atoms with E-state index in [0.717, 1.165) is 0 Å². The lowest BCUT2D eigenvalue weighted by molar-refractivity contribution is -0.0491. The number of nitrogens with zero attached hydrogens (tertiary/aromatic N) is 4. The van der Waals surface area contributed by atoms with E-state index in [1.807, 2.05) is 22.6 Å². The first kappa shape index (κ1) is 20.9. The normalized spacial score (nSPS) is 26.8. The van der Waals surface area contributed by atoms with Gasteiger partial charge in [-0.2, -0.15) is 0 Å². The van der Waals surface area contributed by atoms with Crippen molar-refractivity contribution in [3.8, 4) is 0 Å². The average Bonchev–Trinajstić information content (AvgIpc) is 3.07. The Hall–Kier alpha value is -0.863. The molecule has 0 amide bonds. The highest BCUT2D eigenvalue weighted by atomic mass is 127. The number of aliphatic hydroxyl groups is 2. The van der Waals surface area contributed by atoms with E-state index in [9.17, 15) is 10.2 Å². The molecule has 11 heteroatoms. The van der Waals surface area contributed by atoms with E-state index in [1.54, 1.807) is 4.57 Å². The number of halogens is 1. The van der Waals surface area contributed by atoms with Gasteiger partial charge in [0.1, 0.15) is 23.8 Å². The molecule has 0 saturated carbocycles. The molecule has 3 heterocycles. The molecule has 9 nitrogen and oxygen atoms in total. The number of imidazole rings is 1. The van der Waals surface area contributed by atoms with Gasteiger partial charge in [-0.25, -0.2) is 15.0 Å². The molecule has 3 rings (SSSR count). The van der Waals surface area contributed by atoms with E-state index >= 15 is 0 Å². The Morgan fingerprint density at radius 1 is 1.30 bits per heavy atom. The molecule has 1 saturated heterocycles. The number of aliphatic hydroxyl groups excluding tert-OH is 2. The summed E-state index contributed by atoms with van der Waals surface area (Å²) in [7, 11) is -2.00. The molecular weight excluding hydrogens is 481 g/mol. The first-order chi connectivity index (χ1) is 12.4. The van der Waals surface area contributed by atoms with Gasteiger partial charge in [0, 0.05) is 22.6 Å². The standard InChI is InChI=1S/C16H26IN5O4Si/c1-16(2,3)27(4,5)25-6-8-10(23)11(24)14(26-8)22-7-19-9-12(18)20-15(17)21-13(9)22/h7-8,10-11,14,23-24H,6H2,1-5H3,(H2,18,20,21)/t8-,10+,11+,14-/m1/s1. The zero-order chi connectivity index (χ0) is 20.1. The number of nitrogen functional groups attached to an aromatic ring is 1. The van der Waals surface area contributed by atoms with Gasteiger partial charge < -0.3 is 25.1 Å². The predicted molar refractivity (Wildman–Crippen MR) is 112 cm³/mol. The fourth-order valence-corrected chi connectivity index (χ4v) is 4.20. The van der Waals surface area contributed by atoms with E-state index in [4.69, 9.17) is 14.9 Å². The zero-order valence-electron chi connectivity index (χ0n) is 16.0. The molecule has 0 bridgehead atoms. The maximum Gasteiger partial charge on any atom is 0.194 e. The maximum absolute atomic E-state index is 10.5. The Kier molecular flexibility index (Phi) is 5.55. The highest BCUT2D eigenvalue weighted by Gasteiger charge is 2.46. The van der Waals surface area contributed by atoms with E-state index in [-0.39, 0.29) is 17.5 Å². The number of nitrogens with two attached hydrogens (primary N) is 1. The van der Waals surface area contributed by atoms with Gasteiger partial charge in [-0.3, -0.25) is 4.57 Å². The molecule has 1 fully saturated rings. The van der Waals surface area contributed by atoms with Crippen molar-refractivity contribution in [1.29, 1.82) is 0 Å². The number of rotatable bonds is 4. The van der Waals surface area contributed by atoms with E-state index in [0.29, 0.717) is 15.0 Å². The van der Waals surface area contributed by atoms with Gasteiger partial charge in [-0.1, -0.05) is 20.8 Å². The summed E-state index contributed by atoms with van der Waals surface area (Å²) < 4.78 is 14.1. The van der Waals surface area contributed by atoms with Crippen molar-refractivity contribution in [2.45, 2.75) is 63.4 Å². The molecule has 0 spiro atoms. The smallest absolute Gasteiger partial charge is 0.194 e. The topological polar surface area (TPSA) is 129 Å². The summed E-state index contributed by atoms with van der Waals surface area (Å²) in [5.41, 5.74) is 6.78. The Morgan fingerprint density at radius 3 is 2.59 bits per heavy atom. The van der Waals surface area contributed by atoms with Gasteiger partial charge in [-0.15, -0.1) is 0 Å². The minimum absolute atomic E-state index is 0.0419. The molecule has 27 heavy (non-hydrogen) atoms. The van der Waals surface area contributed by atoms with Crippen molar-refractivity contribution in [2.24, 2.45) is 0 Å². The minimum Gasteiger partial charge on any atom is -0.414 e. The summed E-state index contributed by atoms with van der Waals surface area (Å²) in [6.07, 6.45) is -2.19. The van der Waals surface area contributed by atoms with Crippen molar-refractivity contribution < 1.29 is 19.4 Å². The van der Waals surface area contributed by atoms with Gasteiger partial charge in [0.05, 0.1) is 12.9 Å². The minimum atomic E-state index is -2.00. The molecule has 4 atom stereocenters. The zero-order valence-corrected chi connectivity index (χ0v) is 19.2. The van der Waals surface area contributed by atoms with Crippen LogP contribution in [0, 0.1) is 3.83 Å². The van der Waals surface area contributed by atoms with E-state index < -0.39 is 32.9 Å². The van der Waals surface area contributed by atoms with Crippen LogP contribution in [0.4, 0.5) is 5.82 Å². The van der Waals surface area contributed by atoms with Crippen LogP contribution < -0.4 is 5.73 Å². The summed E-state index contributed by atoms with van der Waals surface area (Å²) >= 11 is 1.96. The number of anilines is 1. The Balaban J connectivity index is 1.82. The van der Waals surface area contributed by atoms with E-state index in [2.05, 4.69) is 48.8 Å². The first-order valence-corrected chi connectivity index (χ1v) is 12.7. The first-order valence-electron chi connectivity index (χ1n) is 8.73. The molecular formula is C16H26IN5O4Si. The van der Waals surface area contributed by atoms with Crippen LogP contribution in [0.1, 0.15) is 27.0 Å². The SMILES string of the molecule is CC(C)(C)[Si](C)(C)OC[C@H]1O[C@@H](n2cnc3c(N)nc(I)nc32)[C@@H](O)[C@H]1O. The Morgan fingerprint density at radius 2 is 1.96 bits per heavy atom. The quantitative estimate of drug-likeness (QED) is 0.324. The third kappa shape index (κ3) is 3.85. The molecule has 150 valence electrons. The fraction of sp³-hybridized carbons (Fsp3) is 0.688. The summed E-state index contributed by atoms with van der Waals surface area (Å²) in [6, 6.07) is 0. The van der Waals surface area contributed by atoms with Crippen LogP contribution in [0.5, 0.6) is 0 Å². The lowest BCUT2D eigenvalue weighted by atomic mass is 10.1. The van der Waals surface area contributed by atoms with Crippen LogP contribution in [-0.2, 0) is 9.16 Å². The third-order valence-corrected chi connectivity index (χ3v) is 10.4. The van der Waals surface area contributed by atoms with Gasteiger partial charge in [0.15, 0.2) is 29.8 Å². The molecule has 0 radical (unpaired) electrons. The van der Waals surface area contributed by atoms with E-state index in [1.165, 1.54) is 6.33 Å². The van der Waals surface area contributed by atoms with Crippen LogP contribution in [0.15, 0.2) is 6.33 Å². The number of aromatic nitrogens is 4. The number of hydrogen-bond donors (Lipinski definition) is 3. The van der Waals surface area contributed by atoms with Crippen molar-refractivity contribution in [3.63, 3.8) is 0 Å². The summed E-state index contributed by atoms with van der Waals surface area (Å²) in [5, 5.41) is 21.1. The maximum atomic E-state index is 10.5. The lowest BCUT2D eigenvalue weighted by Gasteiger charge is -2.37. The molecule has 0 aliphatic carbocycles. The van der Waals surface area contributed by atoms with Gasteiger partial charge >= 0.3 is 0 Å². The summed E-state index contributed by atoms with van der Waals surface area (Å²) in [4.78, 5) is 12.6. The highest BCUT2D eigenvalue weighted by molar-refractivity contribution is 14.1. The molecule has 4 N–H and O–H groups in total. The van der Waals surface area contributed by atoms with Crippen LogP contribution in [0.2, 0.25) is 18.1 Å². The molecule has 0 unspecified atom stereocenters. The van der Waals surface area contributed by atoms with Crippen LogP contribution >= 0.6 is 22.6 Å². The summed E-state index contributed by atoms with van der Waals surface area (Å²) in [6.45, 7) is 10.9. The van der Waals surface area contributed by atoms with Crippen LogP contribution in [0.25, 0.3) is 11.2 Å². The second kappa shape index (κ2) is 7.19. The Bertz CT molecular complexity index is 840. The molecule has 2 aromatic rings. The third-order valence-electron chi connectivity index (χ3n) is 5.45. The monoisotopic (exact) mass is 507 g/mol. The molecule has 0 aromatic carbocycles. The van der Waals surface area contributed by atoms with Crippen LogP contribution in [-0.4, -0.2) is 63.0 Å². The number of fused-ring (bicyclic) bond motifs is 1. The summed E-state index contributed by atoms with van der Waals surface area (Å²) in [5.74, 6) is 0.258. The lowest BCUT2D eigenvalue weighted by Crippen LogP contribution is -2.44. The molecule has 1 aliphatic heterocycles. The number of hydrogen-bond acceptors (Lipinski definition) is 8. The number of ether oxygens (including phenoxy) is 1. The van der Waals surface area contributed by atoms with Crippen molar-refractivity contribution in [3.05, 3.63) is 10.2 Å². The van der Waals surface area contributed by atoms with Crippen LogP contribution in [0.3, 0.4) is 0 Å². The highest BCUT2D eigenvalue weighted by Crippen LogP contribution is 2.38. The van der Waals surface area contributed by atoms with Gasteiger partial charge in [0.25, 0.3) is 0 Å².